The summed E-state index contributed by atoms with van der Waals surface area (Å²) in [4.78, 5) is 0. The Labute approximate surface area is 91.5 Å². The highest BCUT2D eigenvalue weighted by Gasteiger charge is 2.30. The standard InChI is InChI=1S/C12H12F3N/c1-8(2)16-6-5-9-7-10(12(13,14)15)3-4-11(9)16/h3-8H,1-2H3. The van der Waals surface area contributed by atoms with Crippen LogP contribution in [-0.4, -0.2) is 4.57 Å². The molecule has 0 N–H and O–H groups in total. The molecule has 0 aliphatic heterocycles. The van der Waals surface area contributed by atoms with E-state index in [0.717, 1.165) is 11.6 Å². The van der Waals surface area contributed by atoms with Crippen LogP contribution in [0.4, 0.5) is 13.2 Å². The fraction of sp³-hybridized carbons (Fsp3) is 0.333. The largest absolute Gasteiger partial charge is 0.416 e. The molecule has 4 heteroatoms. The minimum absolute atomic E-state index is 0.245. The third-order valence-corrected chi connectivity index (χ3v) is 2.60. The molecule has 0 aliphatic carbocycles. The molecule has 1 heterocycles. The molecule has 2 aromatic rings. The molecule has 86 valence electrons. The Hall–Kier alpha value is -1.45. The smallest absolute Gasteiger partial charge is 0.345 e. The number of halogens is 3. The highest BCUT2D eigenvalue weighted by atomic mass is 19.4. The van der Waals surface area contributed by atoms with Crippen LogP contribution in [0.1, 0.15) is 25.5 Å². The van der Waals surface area contributed by atoms with Gasteiger partial charge in [-0.25, -0.2) is 0 Å². The Morgan fingerprint density at radius 3 is 2.38 bits per heavy atom. The summed E-state index contributed by atoms with van der Waals surface area (Å²) in [5.74, 6) is 0. The summed E-state index contributed by atoms with van der Waals surface area (Å²) in [6, 6.07) is 5.80. The second-order valence-corrected chi connectivity index (χ2v) is 4.09. The number of aromatic nitrogens is 1. The second kappa shape index (κ2) is 3.54. The van der Waals surface area contributed by atoms with Gasteiger partial charge >= 0.3 is 6.18 Å². The van der Waals surface area contributed by atoms with Gasteiger partial charge < -0.3 is 4.57 Å². The van der Waals surface area contributed by atoms with Gasteiger partial charge in [-0.1, -0.05) is 0 Å². The summed E-state index contributed by atoms with van der Waals surface area (Å²) in [6.45, 7) is 3.99. The molecule has 0 amide bonds. The summed E-state index contributed by atoms with van der Waals surface area (Å²) in [7, 11) is 0. The Morgan fingerprint density at radius 2 is 1.81 bits per heavy atom. The van der Waals surface area contributed by atoms with Crippen molar-refractivity contribution in [2.24, 2.45) is 0 Å². The van der Waals surface area contributed by atoms with Crippen LogP contribution in [0.3, 0.4) is 0 Å². The maximum atomic E-state index is 12.5. The molecule has 0 saturated carbocycles. The maximum Gasteiger partial charge on any atom is 0.416 e. The molecule has 0 unspecified atom stereocenters. The van der Waals surface area contributed by atoms with Gasteiger partial charge in [-0.15, -0.1) is 0 Å². The summed E-state index contributed by atoms with van der Waals surface area (Å²) >= 11 is 0. The average Bonchev–Trinajstić information content (AvgIpc) is 2.58. The molecular formula is C12H12F3N. The third-order valence-electron chi connectivity index (χ3n) is 2.60. The Balaban J connectivity index is 2.58. The van der Waals surface area contributed by atoms with Crippen molar-refractivity contribution < 1.29 is 13.2 Å². The minimum Gasteiger partial charge on any atom is -0.345 e. The number of nitrogens with zero attached hydrogens (tertiary/aromatic N) is 1. The van der Waals surface area contributed by atoms with E-state index in [4.69, 9.17) is 0 Å². The van der Waals surface area contributed by atoms with Crippen LogP contribution >= 0.6 is 0 Å². The molecule has 0 bridgehead atoms. The predicted octanol–water partition coefficient (Wildman–Crippen LogP) is 4.24. The van der Waals surface area contributed by atoms with Crippen LogP contribution in [0.15, 0.2) is 30.5 Å². The summed E-state index contributed by atoms with van der Waals surface area (Å²) < 4.78 is 39.4. The van der Waals surface area contributed by atoms with Crippen LogP contribution in [0.5, 0.6) is 0 Å². The Kier molecular flexibility index (Phi) is 2.45. The van der Waals surface area contributed by atoms with Crippen molar-refractivity contribution in [1.82, 2.24) is 4.57 Å². The van der Waals surface area contributed by atoms with E-state index in [-0.39, 0.29) is 6.04 Å². The first kappa shape index (κ1) is 11.0. The molecule has 0 radical (unpaired) electrons. The lowest BCUT2D eigenvalue weighted by molar-refractivity contribution is -0.137. The highest BCUT2D eigenvalue weighted by Crippen LogP contribution is 2.32. The number of fused-ring (bicyclic) bond motifs is 1. The van der Waals surface area contributed by atoms with E-state index in [0.29, 0.717) is 5.39 Å². The van der Waals surface area contributed by atoms with E-state index in [9.17, 15) is 13.2 Å². The lowest BCUT2D eigenvalue weighted by Gasteiger charge is -2.10. The third kappa shape index (κ3) is 1.79. The minimum atomic E-state index is -4.27. The van der Waals surface area contributed by atoms with Crippen LogP contribution in [0.2, 0.25) is 0 Å². The number of benzene rings is 1. The molecule has 0 spiro atoms. The van der Waals surface area contributed by atoms with E-state index in [1.165, 1.54) is 12.1 Å². The molecule has 1 aromatic carbocycles. The SMILES string of the molecule is CC(C)n1ccc2cc(C(F)(F)F)ccc21. The van der Waals surface area contributed by atoms with Gasteiger partial charge in [0.15, 0.2) is 0 Å². The highest BCUT2D eigenvalue weighted by molar-refractivity contribution is 5.81. The van der Waals surface area contributed by atoms with Crippen molar-refractivity contribution in [1.29, 1.82) is 0 Å². The molecule has 16 heavy (non-hydrogen) atoms. The van der Waals surface area contributed by atoms with Crippen molar-refractivity contribution in [2.45, 2.75) is 26.1 Å². The summed E-state index contributed by atoms with van der Waals surface area (Å²) in [5, 5.41) is 0.628. The molecule has 0 aliphatic rings. The fourth-order valence-corrected chi connectivity index (χ4v) is 1.79. The zero-order valence-electron chi connectivity index (χ0n) is 9.05. The van der Waals surface area contributed by atoms with Crippen molar-refractivity contribution in [3.63, 3.8) is 0 Å². The van der Waals surface area contributed by atoms with Crippen molar-refractivity contribution >= 4 is 10.9 Å². The first-order chi connectivity index (χ1) is 7.39. The predicted molar refractivity (Wildman–Crippen MR) is 57.3 cm³/mol. The lowest BCUT2D eigenvalue weighted by Crippen LogP contribution is -2.04. The van der Waals surface area contributed by atoms with Crippen LogP contribution in [-0.2, 0) is 6.18 Å². The van der Waals surface area contributed by atoms with Crippen molar-refractivity contribution in [3.05, 3.63) is 36.0 Å². The molecule has 2 rings (SSSR count). The van der Waals surface area contributed by atoms with E-state index < -0.39 is 11.7 Å². The molecule has 0 atom stereocenters. The van der Waals surface area contributed by atoms with Gasteiger partial charge in [0.1, 0.15) is 0 Å². The average molecular weight is 227 g/mol. The molecule has 0 saturated heterocycles. The number of alkyl halides is 3. The zero-order valence-corrected chi connectivity index (χ0v) is 9.05. The number of rotatable bonds is 1. The van der Waals surface area contributed by atoms with Crippen LogP contribution in [0, 0.1) is 0 Å². The maximum absolute atomic E-state index is 12.5. The number of hydrogen-bond donors (Lipinski definition) is 0. The van der Waals surface area contributed by atoms with Gasteiger partial charge in [0, 0.05) is 23.1 Å². The van der Waals surface area contributed by atoms with Crippen molar-refractivity contribution in [3.8, 4) is 0 Å². The first-order valence-electron chi connectivity index (χ1n) is 5.07. The molecular weight excluding hydrogens is 215 g/mol. The summed E-state index contributed by atoms with van der Waals surface area (Å²) in [6.07, 6.45) is -2.45. The van der Waals surface area contributed by atoms with Gasteiger partial charge in [0.05, 0.1) is 5.56 Å². The Morgan fingerprint density at radius 1 is 1.12 bits per heavy atom. The number of hydrogen-bond acceptors (Lipinski definition) is 0. The van der Waals surface area contributed by atoms with Crippen LogP contribution in [0.25, 0.3) is 10.9 Å². The zero-order chi connectivity index (χ0) is 11.9. The monoisotopic (exact) mass is 227 g/mol. The van der Waals surface area contributed by atoms with Gasteiger partial charge in [-0.2, -0.15) is 13.2 Å². The van der Waals surface area contributed by atoms with Gasteiger partial charge in [-0.05, 0) is 38.1 Å². The van der Waals surface area contributed by atoms with E-state index >= 15 is 0 Å². The van der Waals surface area contributed by atoms with Crippen LogP contribution < -0.4 is 0 Å². The summed E-state index contributed by atoms with van der Waals surface area (Å²) in [5.41, 5.74) is 0.240. The first-order valence-corrected chi connectivity index (χ1v) is 5.07. The van der Waals surface area contributed by atoms with E-state index in [1.807, 2.05) is 24.6 Å². The fourth-order valence-electron chi connectivity index (χ4n) is 1.79. The van der Waals surface area contributed by atoms with E-state index in [2.05, 4.69) is 0 Å². The quantitative estimate of drug-likeness (QED) is 0.686. The van der Waals surface area contributed by atoms with Gasteiger partial charge in [0.25, 0.3) is 0 Å². The second-order valence-electron chi connectivity index (χ2n) is 4.09. The Bertz CT molecular complexity index is 508. The molecule has 1 nitrogen and oxygen atoms in total. The lowest BCUT2D eigenvalue weighted by atomic mass is 10.1. The van der Waals surface area contributed by atoms with Crippen molar-refractivity contribution in [2.75, 3.05) is 0 Å². The van der Waals surface area contributed by atoms with E-state index in [1.54, 1.807) is 6.07 Å². The van der Waals surface area contributed by atoms with Gasteiger partial charge in [-0.3, -0.25) is 0 Å². The molecule has 0 fully saturated rings. The van der Waals surface area contributed by atoms with Gasteiger partial charge in [0.2, 0.25) is 0 Å². The molecule has 1 aromatic heterocycles. The topological polar surface area (TPSA) is 4.93 Å². The normalized spacial score (nSPS) is 12.6.